The molecule has 1 aliphatic carbocycles. The predicted molar refractivity (Wildman–Crippen MR) is 38.5 cm³/mol. The Morgan fingerprint density at radius 2 is 2.11 bits per heavy atom. The van der Waals surface area contributed by atoms with Gasteiger partial charge in [-0.05, 0) is 29.3 Å². The van der Waals surface area contributed by atoms with E-state index in [0.29, 0.717) is 0 Å². The molecule has 0 spiro atoms. The molecule has 0 radical (unpaired) electrons. The Labute approximate surface area is 59.2 Å². The number of fused-ring (bicyclic) bond motifs is 1. The molecule has 1 saturated heterocycles. The van der Waals surface area contributed by atoms with Crippen LogP contribution in [-0.4, -0.2) is 17.8 Å². The fraction of sp³-hybridized carbons (Fsp3) is 0.857. The minimum Gasteiger partial charge on any atom is -0.303 e. The van der Waals surface area contributed by atoms with E-state index in [-0.39, 0.29) is 0 Å². The van der Waals surface area contributed by atoms with Gasteiger partial charge in [0.1, 0.15) is 6.29 Å². The molecule has 50 valence electrons. The third-order valence-electron chi connectivity index (χ3n) is 2.50. The van der Waals surface area contributed by atoms with E-state index in [4.69, 9.17) is 0 Å². The van der Waals surface area contributed by atoms with Crippen LogP contribution in [0.2, 0.25) is 0 Å². The van der Waals surface area contributed by atoms with Crippen molar-refractivity contribution < 1.29 is 4.79 Å². The summed E-state index contributed by atoms with van der Waals surface area (Å²) in [5.74, 6) is 5.30. The van der Waals surface area contributed by atoms with Crippen LogP contribution in [0.15, 0.2) is 0 Å². The van der Waals surface area contributed by atoms with Gasteiger partial charge in [0.05, 0.1) is 0 Å². The number of carbonyl (C=O) groups excluding carboxylic acids is 1. The molecular weight excluding hydrogens is 132 g/mol. The maximum absolute atomic E-state index is 10.1. The molecule has 2 heteroatoms. The Morgan fingerprint density at radius 3 is 2.67 bits per heavy atom. The molecule has 1 nitrogen and oxygen atoms in total. The van der Waals surface area contributed by atoms with Crippen molar-refractivity contribution in [2.75, 3.05) is 11.5 Å². The zero-order valence-electron chi connectivity index (χ0n) is 5.25. The molecule has 1 heterocycles. The van der Waals surface area contributed by atoms with Gasteiger partial charge in [-0.2, -0.15) is 11.8 Å². The van der Waals surface area contributed by atoms with Crippen molar-refractivity contribution in [2.24, 2.45) is 17.8 Å². The highest BCUT2D eigenvalue weighted by molar-refractivity contribution is 7.99. The zero-order chi connectivity index (χ0) is 6.27. The van der Waals surface area contributed by atoms with Crippen LogP contribution >= 0.6 is 11.8 Å². The molecule has 2 atom stereocenters. The van der Waals surface area contributed by atoms with Crippen LogP contribution in [-0.2, 0) is 4.79 Å². The van der Waals surface area contributed by atoms with E-state index < -0.39 is 0 Å². The highest BCUT2D eigenvalue weighted by atomic mass is 32.2. The summed E-state index contributed by atoms with van der Waals surface area (Å²) >= 11 is 2.05. The summed E-state index contributed by atoms with van der Waals surface area (Å²) in [4.78, 5) is 10.1. The van der Waals surface area contributed by atoms with Gasteiger partial charge >= 0.3 is 0 Å². The molecule has 0 aromatic carbocycles. The molecule has 0 N–H and O–H groups in total. The van der Waals surface area contributed by atoms with Gasteiger partial charge in [-0.25, -0.2) is 0 Å². The normalized spacial score (nSPS) is 46.4. The Balaban J connectivity index is 1.87. The molecule has 1 aliphatic heterocycles. The predicted octanol–water partition coefficient (Wildman–Crippen LogP) is 1.18. The van der Waals surface area contributed by atoms with Gasteiger partial charge < -0.3 is 4.79 Å². The maximum Gasteiger partial charge on any atom is 0.120 e. The van der Waals surface area contributed by atoms with Gasteiger partial charge in [0, 0.05) is 6.42 Å². The van der Waals surface area contributed by atoms with Crippen LogP contribution in [0.1, 0.15) is 6.42 Å². The maximum atomic E-state index is 10.1. The number of hydrogen-bond donors (Lipinski definition) is 0. The Kier molecular flexibility index (Phi) is 1.29. The second-order valence-corrected chi connectivity index (χ2v) is 4.01. The van der Waals surface area contributed by atoms with E-state index in [1.807, 2.05) is 11.8 Å². The van der Waals surface area contributed by atoms with Gasteiger partial charge in [0.2, 0.25) is 0 Å². The third kappa shape index (κ3) is 0.803. The van der Waals surface area contributed by atoms with Crippen LogP contribution in [0.5, 0.6) is 0 Å². The van der Waals surface area contributed by atoms with Crippen molar-refractivity contribution in [1.29, 1.82) is 0 Å². The monoisotopic (exact) mass is 142 g/mol. The summed E-state index contributed by atoms with van der Waals surface area (Å²) in [5.41, 5.74) is 0. The summed E-state index contributed by atoms with van der Waals surface area (Å²) in [6.07, 6.45) is 1.91. The number of aldehydes is 1. The topological polar surface area (TPSA) is 17.1 Å². The first-order chi connectivity index (χ1) is 4.43. The lowest BCUT2D eigenvalue weighted by Crippen LogP contribution is -1.89. The van der Waals surface area contributed by atoms with Crippen molar-refractivity contribution in [2.45, 2.75) is 6.42 Å². The van der Waals surface area contributed by atoms with Crippen molar-refractivity contribution >= 4 is 18.0 Å². The van der Waals surface area contributed by atoms with Crippen molar-refractivity contribution in [3.63, 3.8) is 0 Å². The fourth-order valence-electron chi connectivity index (χ4n) is 1.82. The SMILES string of the molecule is O=CCC1C2CSCC12. The molecule has 0 bridgehead atoms. The van der Waals surface area contributed by atoms with Gasteiger partial charge in [0.25, 0.3) is 0 Å². The van der Waals surface area contributed by atoms with Crippen molar-refractivity contribution in [3.8, 4) is 0 Å². The second-order valence-electron chi connectivity index (χ2n) is 2.93. The number of rotatable bonds is 2. The number of carbonyl (C=O) groups is 1. The van der Waals surface area contributed by atoms with Gasteiger partial charge in [-0.1, -0.05) is 0 Å². The lowest BCUT2D eigenvalue weighted by Gasteiger charge is -1.94. The molecule has 2 aliphatic rings. The zero-order valence-corrected chi connectivity index (χ0v) is 6.06. The molecule has 9 heavy (non-hydrogen) atoms. The average molecular weight is 142 g/mol. The molecule has 2 rings (SSSR count). The standard InChI is InChI=1S/C7H10OS/c8-2-1-5-6-3-9-4-7(5)6/h2,5-7H,1,3-4H2. The molecule has 2 unspecified atom stereocenters. The smallest absolute Gasteiger partial charge is 0.120 e. The quantitative estimate of drug-likeness (QED) is 0.539. The average Bonchev–Trinajstić information content (AvgIpc) is 2.39. The Hall–Kier alpha value is 0.0200. The summed E-state index contributed by atoms with van der Waals surface area (Å²) in [6.45, 7) is 0. The fourth-order valence-corrected chi connectivity index (χ4v) is 3.49. The molecule has 0 aromatic heterocycles. The molecule has 0 aromatic rings. The van der Waals surface area contributed by atoms with Crippen LogP contribution in [0.25, 0.3) is 0 Å². The van der Waals surface area contributed by atoms with Crippen molar-refractivity contribution in [3.05, 3.63) is 0 Å². The van der Waals surface area contributed by atoms with Crippen molar-refractivity contribution in [1.82, 2.24) is 0 Å². The van der Waals surface area contributed by atoms with E-state index in [9.17, 15) is 4.79 Å². The van der Waals surface area contributed by atoms with E-state index in [1.54, 1.807) is 0 Å². The number of hydrogen-bond acceptors (Lipinski definition) is 2. The Bertz CT molecular complexity index is 125. The number of thioether (sulfide) groups is 1. The molecular formula is C7H10OS. The highest BCUT2D eigenvalue weighted by Gasteiger charge is 2.52. The van der Waals surface area contributed by atoms with E-state index >= 15 is 0 Å². The van der Waals surface area contributed by atoms with E-state index in [2.05, 4.69) is 0 Å². The van der Waals surface area contributed by atoms with E-state index in [1.165, 1.54) is 11.5 Å². The second kappa shape index (κ2) is 2.01. The first kappa shape index (κ1) is 5.78. The first-order valence-corrected chi connectivity index (χ1v) is 4.60. The lowest BCUT2D eigenvalue weighted by molar-refractivity contribution is -0.108. The van der Waals surface area contributed by atoms with Crippen LogP contribution in [0.4, 0.5) is 0 Å². The van der Waals surface area contributed by atoms with Gasteiger partial charge in [-0.15, -0.1) is 0 Å². The lowest BCUT2D eigenvalue weighted by atomic mass is 10.2. The highest BCUT2D eigenvalue weighted by Crippen LogP contribution is 2.56. The van der Waals surface area contributed by atoms with Gasteiger partial charge in [-0.3, -0.25) is 0 Å². The van der Waals surface area contributed by atoms with E-state index in [0.717, 1.165) is 30.5 Å². The van der Waals surface area contributed by atoms with Crippen LogP contribution < -0.4 is 0 Å². The first-order valence-electron chi connectivity index (χ1n) is 3.45. The Morgan fingerprint density at radius 1 is 1.44 bits per heavy atom. The van der Waals surface area contributed by atoms with Gasteiger partial charge in [0.15, 0.2) is 0 Å². The summed E-state index contributed by atoms with van der Waals surface area (Å²) < 4.78 is 0. The summed E-state index contributed by atoms with van der Waals surface area (Å²) in [5, 5.41) is 0. The van der Waals surface area contributed by atoms with Crippen LogP contribution in [0, 0.1) is 17.8 Å². The molecule has 0 amide bonds. The molecule has 1 saturated carbocycles. The molecule has 2 fully saturated rings. The van der Waals surface area contributed by atoms with Crippen LogP contribution in [0.3, 0.4) is 0 Å². The minimum absolute atomic E-state index is 0.795. The summed E-state index contributed by atoms with van der Waals surface area (Å²) in [6, 6.07) is 0. The minimum atomic E-state index is 0.795. The third-order valence-corrected chi connectivity index (χ3v) is 3.74. The largest absolute Gasteiger partial charge is 0.303 e. The summed E-state index contributed by atoms with van der Waals surface area (Å²) in [7, 11) is 0.